The van der Waals surface area contributed by atoms with Crippen LogP contribution in [-0.2, 0) is 38.0 Å². The van der Waals surface area contributed by atoms with E-state index in [0.29, 0.717) is 64.6 Å². The topological polar surface area (TPSA) is 312 Å². The van der Waals surface area contributed by atoms with Crippen LogP contribution < -0.4 is 0 Å². The zero-order valence-electron chi connectivity index (χ0n) is 53.8. The molecule has 4 aromatic carbocycles. The van der Waals surface area contributed by atoms with E-state index in [2.05, 4.69) is 16.9 Å². The fourth-order valence-electron chi connectivity index (χ4n) is 18.4. The van der Waals surface area contributed by atoms with E-state index in [0.717, 1.165) is 87.9 Å². The molecule has 3 aromatic heterocycles. The predicted molar refractivity (Wildman–Crippen MR) is 360 cm³/mol. The van der Waals surface area contributed by atoms with Crippen LogP contribution in [0.15, 0.2) is 109 Å². The lowest BCUT2D eigenvalue weighted by atomic mass is 9.42. The molecule has 0 radical (unpaired) electrons. The minimum absolute atomic E-state index is 0. The van der Waals surface area contributed by atoms with Crippen molar-refractivity contribution in [3.63, 3.8) is 0 Å². The monoisotopic (exact) mass is 1330 g/mol. The van der Waals surface area contributed by atoms with Gasteiger partial charge in [-0.05, 0) is 118 Å². The Bertz CT molecular complexity index is 3990. The number of H-pyrrole nitrogens is 2. The molecule has 3 saturated heterocycles. The number of benzene rings is 4. The molecule has 8 bridgehead atoms. The standard InChI is InChI=1S/C41H64O14.C32H18N8.H4Si/c1-19-36(47)28(42)15-34(50-19)54-38-21(3)52-35(17-30(38)44)55-37-20(2)51-33(16-29(37)43)53-24-8-10-39(4)23(13-24)6-7-26-27(39)14-31(45)40(5)25(9-11-41(26,40)48)22-12-32(46)49-18-22;1-2-10-18-17(9-1)25-33-26(18)38-28-21-13-5-6-14-22(21)30(35-28)40-32-24-16-8-7-15-23(24)31(36-32)39-29-20-12-4-3-11-19(20)27(34-29)37-25;/h12,19-21,23-31,33-38,42-45,47-48H,6-11,13-18H2,1-5H3;1-16H,(H2,33,34,35,36,37,38,39,40);1H4/t19-,20-,21-,23-,24+,25-,26-,27+,28+,29+,30+,31-,33+,34+,35+,36-,37-,38-,39+,40+,41+;;/m1../s1. The third-order valence-electron chi connectivity index (χ3n) is 23.4. The number of aromatic amines is 2. The second-order valence-electron chi connectivity index (χ2n) is 28.6. The highest BCUT2D eigenvalue weighted by atomic mass is 28.1. The quantitative estimate of drug-likeness (QED) is 0.0432. The largest absolute Gasteiger partial charge is 0.458 e. The summed E-state index contributed by atoms with van der Waals surface area (Å²) in [6.45, 7) is 9.90. The number of carbonyl (C=O) groups is 1. The van der Waals surface area contributed by atoms with Crippen molar-refractivity contribution in [1.29, 1.82) is 0 Å². The van der Waals surface area contributed by atoms with Crippen LogP contribution in [0.25, 0.3) is 89.7 Å². The number of fused-ring (bicyclic) bond motifs is 25. The number of aromatic nitrogens is 8. The van der Waals surface area contributed by atoms with E-state index >= 15 is 0 Å². The van der Waals surface area contributed by atoms with E-state index in [1.807, 2.05) is 111 Å². The average molecular weight is 1330 g/mol. The van der Waals surface area contributed by atoms with Crippen molar-refractivity contribution in [2.45, 2.75) is 197 Å². The smallest absolute Gasteiger partial charge is 0.331 e. The Balaban J connectivity index is 0.000000163. The molecule has 23 heteroatoms. The number of carbonyl (C=O) groups excluding carboxylic acids is 1. The van der Waals surface area contributed by atoms with E-state index in [4.69, 9.17) is 63.1 Å². The van der Waals surface area contributed by atoms with Crippen molar-refractivity contribution in [1.82, 2.24) is 39.9 Å². The lowest BCUT2D eigenvalue weighted by Crippen LogP contribution is -2.67. The number of hydrogen-bond acceptors (Lipinski definition) is 20. The highest BCUT2D eigenvalue weighted by Crippen LogP contribution is 2.70. The summed E-state index contributed by atoms with van der Waals surface area (Å²) in [5.41, 5.74) is 5.56. The molecule has 10 aliphatic rings. The maximum atomic E-state index is 12.6. The molecule has 9 heterocycles. The van der Waals surface area contributed by atoms with Crippen LogP contribution in [0.4, 0.5) is 0 Å². The molecule has 96 heavy (non-hydrogen) atoms. The molecule has 7 fully saturated rings. The number of ether oxygens (including phenoxy) is 7. The van der Waals surface area contributed by atoms with Gasteiger partial charge >= 0.3 is 5.97 Å². The lowest BCUT2D eigenvalue weighted by Gasteiger charge is -2.65. The Morgan fingerprint density at radius 1 is 0.510 bits per heavy atom. The third-order valence-corrected chi connectivity index (χ3v) is 23.4. The summed E-state index contributed by atoms with van der Waals surface area (Å²) in [6.07, 6.45) is -1.51. The fourth-order valence-corrected chi connectivity index (χ4v) is 18.4. The minimum atomic E-state index is -1.01. The molecule has 0 spiro atoms. The first-order valence-electron chi connectivity index (χ1n) is 33.9. The van der Waals surface area contributed by atoms with Crippen LogP contribution in [0.3, 0.4) is 0 Å². The molecule has 22 nitrogen and oxygen atoms in total. The van der Waals surface area contributed by atoms with Gasteiger partial charge in [-0.15, -0.1) is 0 Å². The van der Waals surface area contributed by atoms with Crippen molar-refractivity contribution < 1.29 is 68.6 Å². The van der Waals surface area contributed by atoms with Gasteiger partial charge in [0.25, 0.3) is 0 Å². The van der Waals surface area contributed by atoms with Gasteiger partial charge in [-0.25, -0.2) is 34.7 Å². The molecule has 8 N–H and O–H groups in total. The van der Waals surface area contributed by atoms with Gasteiger partial charge in [0.05, 0.1) is 54.4 Å². The SMILES string of the molecule is C[C@H]1O[C@@H](O[C@H]2[C@@H](O)C[C@H](O[C@H]3[C@@H](O)C[C@H](O[C@H]4CC[C@@]5(C)[C@H](CC[C@@H]6[C@@H]5C[C@@H](O)[C@]5(C)[C@@H](C7=CC(=O)OC7)CC[C@]65O)C4)O[C@@H]3C)O[C@@H]2C)C[C@H](O)[C@@H]1O.[SiH4].c1ccc2c(c1)-c1nc-2nc2[nH]c(nc3nc(nc4[nH]c(n1)c1ccccc41)-c1ccccc1-3)c1ccccc21. The van der Waals surface area contributed by atoms with Gasteiger partial charge in [0.1, 0.15) is 47.5 Å². The number of nitrogens with zero attached hydrogens (tertiary/aromatic N) is 6. The molecule has 6 aliphatic heterocycles. The van der Waals surface area contributed by atoms with Crippen LogP contribution in [0.2, 0.25) is 0 Å². The zero-order valence-corrected chi connectivity index (χ0v) is 53.8. The first-order valence-corrected chi connectivity index (χ1v) is 33.9. The van der Waals surface area contributed by atoms with Crippen molar-refractivity contribution in [2.75, 3.05) is 6.61 Å². The summed E-state index contributed by atoms with van der Waals surface area (Å²) in [7, 11) is 0. The summed E-state index contributed by atoms with van der Waals surface area (Å²) < 4.78 is 42.1. The number of hydrogen-bond donors (Lipinski definition) is 8. The third kappa shape index (κ3) is 11.0. The number of aliphatic hydroxyl groups is 6. The number of nitrogens with one attached hydrogen (secondary N) is 2. The van der Waals surface area contributed by atoms with Gasteiger partial charge in [-0.1, -0.05) is 111 Å². The molecule has 0 unspecified atom stereocenters. The van der Waals surface area contributed by atoms with E-state index in [-0.39, 0.29) is 72.1 Å². The Kier molecular flexibility index (Phi) is 17.1. The molecule has 506 valence electrons. The van der Waals surface area contributed by atoms with E-state index in [1.54, 1.807) is 19.9 Å². The van der Waals surface area contributed by atoms with E-state index in [9.17, 15) is 35.4 Å². The maximum absolute atomic E-state index is 12.6. The predicted octanol–water partition coefficient (Wildman–Crippen LogP) is 7.64. The van der Waals surface area contributed by atoms with E-state index in [1.165, 1.54) is 0 Å². The molecule has 7 aromatic rings. The summed E-state index contributed by atoms with van der Waals surface area (Å²) in [5, 5.41) is 70.7. The Morgan fingerprint density at radius 2 is 0.958 bits per heavy atom. The van der Waals surface area contributed by atoms with Crippen LogP contribution in [-0.4, -0.2) is 186 Å². The summed E-state index contributed by atoms with van der Waals surface area (Å²) >= 11 is 0. The molecular formula is C73H86N8O14Si. The molecule has 4 aliphatic carbocycles. The van der Waals surface area contributed by atoms with Crippen LogP contribution >= 0.6 is 0 Å². The lowest BCUT2D eigenvalue weighted by molar-refractivity contribution is -0.336. The van der Waals surface area contributed by atoms with Crippen molar-refractivity contribution in [3.8, 4) is 45.6 Å². The molecule has 0 amide bonds. The van der Waals surface area contributed by atoms with Crippen LogP contribution in [0.1, 0.15) is 105 Å². The highest BCUT2D eigenvalue weighted by Gasteiger charge is 2.71. The number of esters is 1. The van der Waals surface area contributed by atoms with Gasteiger partial charge in [-0.3, -0.25) is 0 Å². The number of aliphatic hydroxyl groups excluding tert-OH is 5. The first-order chi connectivity index (χ1) is 45.8. The normalized spacial score (nSPS) is 36.8. The summed E-state index contributed by atoms with van der Waals surface area (Å²) in [6, 6.07) is 32.2. The average Bonchev–Trinajstić information content (AvgIpc) is 1.36. The highest BCUT2D eigenvalue weighted by molar-refractivity contribution is 6.06. The van der Waals surface area contributed by atoms with Gasteiger partial charge < -0.3 is 73.8 Å². The Hall–Kier alpha value is -6.81. The number of rotatable bonds is 7. The van der Waals surface area contributed by atoms with Gasteiger partial charge in [0.2, 0.25) is 0 Å². The summed E-state index contributed by atoms with van der Waals surface area (Å²) in [4.78, 5) is 48.7. The Morgan fingerprint density at radius 3 is 1.41 bits per heavy atom. The zero-order chi connectivity index (χ0) is 65.4. The van der Waals surface area contributed by atoms with Gasteiger partial charge in [-0.2, -0.15) is 0 Å². The molecule has 21 atom stereocenters. The van der Waals surface area contributed by atoms with Gasteiger partial charge in [0.15, 0.2) is 42.2 Å². The van der Waals surface area contributed by atoms with Crippen LogP contribution in [0, 0.1) is 34.5 Å². The maximum Gasteiger partial charge on any atom is 0.331 e. The fraction of sp³-hybridized carbons (Fsp3) is 0.521. The minimum Gasteiger partial charge on any atom is -0.458 e. The molecule has 4 saturated carbocycles. The second kappa shape index (κ2) is 25.2. The van der Waals surface area contributed by atoms with Crippen molar-refractivity contribution >= 4 is 61.1 Å². The van der Waals surface area contributed by atoms with Crippen molar-refractivity contribution in [3.05, 3.63) is 109 Å². The Labute approximate surface area is 559 Å². The first kappa shape index (κ1) is 65.1. The molecular weight excluding hydrogens is 1240 g/mol. The van der Waals surface area contributed by atoms with Crippen LogP contribution in [0.5, 0.6) is 0 Å². The van der Waals surface area contributed by atoms with Gasteiger partial charge in [0, 0.05) is 74.6 Å². The number of cyclic esters (lactones) is 1. The van der Waals surface area contributed by atoms with E-state index < -0.39 is 90.9 Å². The second-order valence-corrected chi connectivity index (χ2v) is 28.6. The summed E-state index contributed by atoms with van der Waals surface area (Å²) in [5.74, 6) is 2.59. The molecule has 17 rings (SSSR count). The van der Waals surface area contributed by atoms with Crippen molar-refractivity contribution in [2.24, 2.45) is 34.5 Å².